The summed E-state index contributed by atoms with van der Waals surface area (Å²) in [5.74, 6) is 0. The van der Waals surface area contributed by atoms with Gasteiger partial charge in [0.2, 0.25) is 0 Å². The van der Waals surface area contributed by atoms with E-state index < -0.39 is 0 Å². The second-order valence-electron chi connectivity index (χ2n) is 5.26. The molecule has 0 aromatic rings. The maximum Gasteiger partial charge on any atom is 0.0203 e. The van der Waals surface area contributed by atoms with Crippen molar-refractivity contribution in [3.63, 3.8) is 0 Å². The van der Waals surface area contributed by atoms with E-state index in [4.69, 9.17) is 0 Å². The predicted molar refractivity (Wildman–Crippen MR) is 62.5 cm³/mol. The molecule has 2 heteroatoms. The Morgan fingerprint density at radius 1 is 1.50 bits per heavy atom. The zero-order chi connectivity index (χ0) is 10.6. The molecule has 1 rings (SSSR count). The number of nitrogens with zero attached hydrogens (tertiary/aromatic N) is 1. The topological polar surface area (TPSA) is 15.3 Å². The zero-order valence-corrected chi connectivity index (χ0v) is 9.90. The third-order valence-corrected chi connectivity index (χ3v) is 2.85. The summed E-state index contributed by atoms with van der Waals surface area (Å²) in [5.41, 5.74) is 1.79. The highest BCUT2D eigenvalue weighted by Gasteiger charge is 2.25. The summed E-state index contributed by atoms with van der Waals surface area (Å²) in [7, 11) is 1.98. The number of rotatable bonds is 4. The summed E-state index contributed by atoms with van der Waals surface area (Å²) in [6, 6.07) is 0. The minimum absolute atomic E-state index is 0.498. The van der Waals surface area contributed by atoms with Crippen molar-refractivity contribution < 1.29 is 0 Å². The van der Waals surface area contributed by atoms with Gasteiger partial charge in [0.1, 0.15) is 0 Å². The maximum absolute atomic E-state index is 4.08. The summed E-state index contributed by atoms with van der Waals surface area (Å²) < 4.78 is 0. The van der Waals surface area contributed by atoms with Crippen molar-refractivity contribution in [2.75, 3.05) is 33.2 Å². The first-order chi connectivity index (χ1) is 6.53. The molecule has 0 radical (unpaired) electrons. The number of hydrogen-bond acceptors (Lipinski definition) is 2. The van der Waals surface area contributed by atoms with Crippen LogP contribution < -0.4 is 5.32 Å². The van der Waals surface area contributed by atoms with Crippen molar-refractivity contribution >= 4 is 0 Å². The molecule has 1 aliphatic heterocycles. The lowest BCUT2D eigenvalue weighted by atomic mass is 9.84. The van der Waals surface area contributed by atoms with Crippen molar-refractivity contribution in [3.8, 4) is 0 Å². The molecule has 0 spiro atoms. The Morgan fingerprint density at radius 2 is 2.21 bits per heavy atom. The van der Waals surface area contributed by atoms with Crippen LogP contribution in [0.5, 0.6) is 0 Å². The highest BCUT2D eigenvalue weighted by molar-refractivity contribution is 5.00. The average molecular weight is 196 g/mol. The molecule has 1 heterocycles. The van der Waals surface area contributed by atoms with Gasteiger partial charge in [-0.15, -0.1) is 0 Å². The van der Waals surface area contributed by atoms with Crippen molar-refractivity contribution in [2.24, 2.45) is 5.41 Å². The molecule has 0 aromatic heterocycles. The second kappa shape index (κ2) is 4.94. The number of likely N-dealkylation sites (N-methyl/N-ethyl adjacent to an activating group) is 1. The second-order valence-corrected chi connectivity index (χ2v) is 5.26. The van der Waals surface area contributed by atoms with Crippen LogP contribution >= 0.6 is 0 Å². The molecule has 1 saturated heterocycles. The van der Waals surface area contributed by atoms with E-state index in [9.17, 15) is 0 Å². The Bertz CT molecular complexity index is 196. The SMILES string of the molecule is C=C(CNC)CN1CCCC(C)(C)C1. The molecule has 1 N–H and O–H groups in total. The lowest BCUT2D eigenvalue weighted by Gasteiger charge is -2.38. The van der Waals surface area contributed by atoms with Crippen LogP contribution in [0.3, 0.4) is 0 Å². The van der Waals surface area contributed by atoms with Gasteiger partial charge in [-0.3, -0.25) is 4.90 Å². The van der Waals surface area contributed by atoms with Gasteiger partial charge >= 0.3 is 0 Å². The summed E-state index contributed by atoms with van der Waals surface area (Å²) in [4.78, 5) is 2.53. The number of likely N-dealkylation sites (tertiary alicyclic amines) is 1. The maximum atomic E-state index is 4.08. The van der Waals surface area contributed by atoms with Crippen LogP contribution in [0.1, 0.15) is 26.7 Å². The lowest BCUT2D eigenvalue weighted by Crippen LogP contribution is -2.41. The smallest absolute Gasteiger partial charge is 0.0203 e. The molecule has 0 unspecified atom stereocenters. The van der Waals surface area contributed by atoms with Gasteiger partial charge in [0.15, 0.2) is 0 Å². The van der Waals surface area contributed by atoms with E-state index in [2.05, 4.69) is 30.6 Å². The Kier molecular flexibility index (Phi) is 4.14. The Balaban J connectivity index is 2.34. The third kappa shape index (κ3) is 3.81. The van der Waals surface area contributed by atoms with Gasteiger partial charge < -0.3 is 5.32 Å². The normalized spacial score (nSPS) is 22.2. The van der Waals surface area contributed by atoms with Crippen molar-refractivity contribution in [3.05, 3.63) is 12.2 Å². The fraction of sp³-hybridized carbons (Fsp3) is 0.833. The monoisotopic (exact) mass is 196 g/mol. The molecule has 0 atom stereocenters. The van der Waals surface area contributed by atoms with Crippen LogP contribution in [0.2, 0.25) is 0 Å². The predicted octanol–water partition coefficient (Wildman–Crippen LogP) is 1.88. The molecule has 0 aliphatic carbocycles. The molecule has 14 heavy (non-hydrogen) atoms. The summed E-state index contributed by atoms with van der Waals surface area (Å²) in [6.45, 7) is 13.3. The van der Waals surface area contributed by atoms with E-state index in [1.807, 2.05) is 7.05 Å². The van der Waals surface area contributed by atoms with Gasteiger partial charge in [-0.25, -0.2) is 0 Å². The van der Waals surface area contributed by atoms with Crippen molar-refractivity contribution in [2.45, 2.75) is 26.7 Å². The standard InChI is InChI=1S/C12H24N2/c1-11(8-13-4)9-14-7-5-6-12(2,3)10-14/h13H,1,5-10H2,2-4H3. The van der Waals surface area contributed by atoms with Gasteiger partial charge in [-0.2, -0.15) is 0 Å². The first kappa shape index (κ1) is 11.7. The van der Waals surface area contributed by atoms with E-state index in [0.717, 1.165) is 13.1 Å². The largest absolute Gasteiger partial charge is 0.316 e. The zero-order valence-electron chi connectivity index (χ0n) is 9.90. The van der Waals surface area contributed by atoms with Gasteiger partial charge in [-0.05, 0) is 37.4 Å². The molecule has 1 fully saturated rings. The molecular weight excluding hydrogens is 172 g/mol. The van der Waals surface area contributed by atoms with E-state index in [-0.39, 0.29) is 0 Å². The molecule has 1 aliphatic rings. The van der Waals surface area contributed by atoms with E-state index >= 15 is 0 Å². The minimum Gasteiger partial charge on any atom is -0.316 e. The van der Waals surface area contributed by atoms with E-state index in [0.29, 0.717) is 5.41 Å². The average Bonchev–Trinajstić information content (AvgIpc) is 2.02. The van der Waals surface area contributed by atoms with E-state index in [1.165, 1.54) is 31.5 Å². The molecular formula is C12H24N2. The van der Waals surface area contributed by atoms with Gasteiger partial charge in [0.25, 0.3) is 0 Å². The van der Waals surface area contributed by atoms with Gasteiger partial charge in [0, 0.05) is 19.6 Å². The van der Waals surface area contributed by atoms with Crippen molar-refractivity contribution in [1.82, 2.24) is 10.2 Å². The molecule has 0 saturated carbocycles. The number of hydrogen-bond donors (Lipinski definition) is 1. The van der Waals surface area contributed by atoms with Gasteiger partial charge in [0.05, 0.1) is 0 Å². The summed E-state index contributed by atoms with van der Waals surface area (Å²) in [6.07, 6.45) is 2.70. The summed E-state index contributed by atoms with van der Waals surface area (Å²) in [5, 5.41) is 3.15. The Labute approximate surface area is 88.4 Å². The first-order valence-corrected chi connectivity index (χ1v) is 5.57. The van der Waals surface area contributed by atoms with Crippen LogP contribution in [0.4, 0.5) is 0 Å². The highest BCUT2D eigenvalue weighted by atomic mass is 15.1. The Hall–Kier alpha value is -0.340. The fourth-order valence-corrected chi connectivity index (χ4v) is 2.30. The van der Waals surface area contributed by atoms with Crippen molar-refractivity contribution in [1.29, 1.82) is 0 Å². The highest BCUT2D eigenvalue weighted by Crippen LogP contribution is 2.28. The van der Waals surface area contributed by atoms with Crippen LogP contribution in [0, 0.1) is 5.41 Å². The molecule has 0 amide bonds. The number of nitrogens with one attached hydrogen (secondary N) is 1. The Morgan fingerprint density at radius 3 is 2.79 bits per heavy atom. The molecule has 0 aromatic carbocycles. The fourth-order valence-electron chi connectivity index (χ4n) is 2.30. The first-order valence-electron chi connectivity index (χ1n) is 5.57. The minimum atomic E-state index is 0.498. The number of piperidine rings is 1. The van der Waals surface area contributed by atoms with E-state index in [1.54, 1.807) is 0 Å². The quantitative estimate of drug-likeness (QED) is 0.691. The van der Waals surface area contributed by atoms with Crippen LogP contribution in [-0.4, -0.2) is 38.1 Å². The lowest BCUT2D eigenvalue weighted by molar-refractivity contribution is 0.126. The summed E-state index contributed by atoms with van der Waals surface area (Å²) >= 11 is 0. The van der Waals surface area contributed by atoms with Crippen LogP contribution in [-0.2, 0) is 0 Å². The van der Waals surface area contributed by atoms with Crippen LogP contribution in [0.25, 0.3) is 0 Å². The molecule has 2 nitrogen and oxygen atoms in total. The van der Waals surface area contributed by atoms with Gasteiger partial charge in [-0.1, -0.05) is 20.4 Å². The van der Waals surface area contributed by atoms with Crippen LogP contribution in [0.15, 0.2) is 12.2 Å². The molecule has 0 bridgehead atoms. The third-order valence-electron chi connectivity index (χ3n) is 2.85. The molecule has 82 valence electrons.